The number of hydrogen-bond acceptors (Lipinski definition) is 7. The normalized spacial score (nSPS) is 18.9. The molecular formula is C19H27N3O3S3. The first-order valence-electron chi connectivity index (χ1n) is 9.44. The lowest BCUT2D eigenvalue weighted by atomic mass is 10.1. The molecule has 154 valence electrons. The van der Waals surface area contributed by atoms with E-state index in [0.717, 1.165) is 20.8 Å². The van der Waals surface area contributed by atoms with Gasteiger partial charge in [0.05, 0.1) is 17.3 Å². The molecule has 0 aromatic carbocycles. The fourth-order valence-electron chi connectivity index (χ4n) is 3.50. The third-order valence-electron chi connectivity index (χ3n) is 4.97. The average Bonchev–Trinajstić information content (AvgIpc) is 3.09. The van der Waals surface area contributed by atoms with Gasteiger partial charge < -0.3 is 4.90 Å². The van der Waals surface area contributed by atoms with Crippen LogP contribution in [0.1, 0.15) is 36.5 Å². The molecular weight excluding hydrogens is 414 g/mol. The summed E-state index contributed by atoms with van der Waals surface area (Å²) in [6, 6.07) is -0.210. The number of sulfone groups is 1. The molecule has 0 spiro atoms. The molecule has 2 aromatic heterocycles. The number of rotatable bonds is 6. The number of amides is 1. The molecule has 9 heteroatoms. The fourth-order valence-corrected chi connectivity index (χ4v) is 7.39. The third-order valence-corrected chi connectivity index (χ3v) is 8.78. The molecule has 0 N–H and O–H groups in total. The molecule has 0 unspecified atom stereocenters. The van der Waals surface area contributed by atoms with E-state index >= 15 is 0 Å². The zero-order valence-electron chi connectivity index (χ0n) is 17.0. The van der Waals surface area contributed by atoms with Gasteiger partial charge in [0.15, 0.2) is 9.84 Å². The highest BCUT2D eigenvalue weighted by molar-refractivity contribution is 8.00. The summed E-state index contributed by atoms with van der Waals surface area (Å²) in [6.45, 7) is 10.7. The van der Waals surface area contributed by atoms with E-state index in [4.69, 9.17) is 0 Å². The van der Waals surface area contributed by atoms with Crippen molar-refractivity contribution >= 4 is 49.1 Å². The lowest BCUT2D eigenvalue weighted by Gasteiger charge is -2.30. The molecule has 1 amide bonds. The van der Waals surface area contributed by atoms with Gasteiger partial charge in [-0.25, -0.2) is 18.4 Å². The lowest BCUT2D eigenvalue weighted by Crippen LogP contribution is -2.44. The van der Waals surface area contributed by atoms with Crippen LogP contribution in [0.5, 0.6) is 0 Å². The lowest BCUT2D eigenvalue weighted by molar-refractivity contribution is -0.130. The molecule has 1 aliphatic heterocycles. The predicted octanol–water partition coefficient (Wildman–Crippen LogP) is 3.38. The zero-order chi connectivity index (χ0) is 20.6. The average molecular weight is 442 g/mol. The summed E-state index contributed by atoms with van der Waals surface area (Å²) >= 11 is 3.08. The number of nitrogens with zero attached hydrogens (tertiary/aromatic N) is 3. The maximum absolute atomic E-state index is 13.0. The molecule has 28 heavy (non-hydrogen) atoms. The van der Waals surface area contributed by atoms with Crippen LogP contribution in [0.2, 0.25) is 0 Å². The van der Waals surface area contributed by atoms with E-state index in [1.807, 2.05) is 20.8 Å². The number of fused-ring (bicyclic) bond motifs is 1. The van der Waals surface area contributed by atoms with Gasteiger partial charge in [-0.3, -0.25) is 4.79 Å². The van der Waals surface area contributed by atoms with E-state index in [2.05, 4.69) is 23.8 Å². The van der Waals surface area contributed by atoms with Gasteiger partial charge in [0, 0.05) is 22.8 Å². The number of carbonyl (C=O) groups is 1. The van der Waals surface area contributed by atoms with Gasteiger partial charge in [0.25, 0.3) is 0 Å². The maximum Gasteiger partial charge on any atom is 0.233 e. The molecule has 2 aromatic rings. The summed E-state index contributed by atoms with van der Waals surface area (Å²) in [7, 11) is -3.03. The van der Waals surface area contributed by atoms with Crippen LogP contribution < -0.4 is 0 Å². The standard InChI is InChI=1S/C19H27N3O3S3/c1-11(2)8-22(15-6-7-28(24,25)10-15)16(23)9-26-18-17-12(3)13(4)27-19(17)21-14(5)20-18/h11,15H,6-10H2,1-5H3/t15-/m0/s1. The zero-order valence-corrected chi connectivity index (χ0v) is 19.4. The molecule has 6 nitrogen and oxygen atoms in total. The van der Waals surface area contributed by atoms with E-state index < -0.39 is 9.84 Å². The predicted molar refractivity (Wildman–Crippen MR) is 116 cm³/mol. The summed E-state index contributed by atoms with van der Waals surface area (Å²) in [5.74, 6) is 1.47. The number of carbonyl (C=O) groups excluding carboxylic acids is 1. The second kappa shape index (κ2) is 8.28. The summed E-state index contributed by atoms with van der Waals surface area (Å²) in [6.07, 6.45) is 0.533. The monoisotopic (exact) mass is 441 g/mol. The summed E-state index contributed by atoms with van der Waals surface area (Å²) in [5.41, 5.74) is 1.16. The molecule has 1 fully saturated rings. The number of thioether (sulfide) groups is 1. The number of aromatic nitrogens is 2. The van der Waals surface area contributed by atoms with Crippen LogP contribution >= 0.6 is 23.1 Å². The summed E-state index contributed by atoms with van der Waals surface area (Å²) in [4.78, 5) is 26.1. The van der Waals surface area contributed by atoms with Gasteiger partial charge in [-0.1, -0.05) is 25.6 Å². The van der Waals surface area contributed by atoms with Crippen LogP contribution in [0.25, 0.3) is 10.2 Å². The van der Waals surface area contributed by atoms with Gasteiger partial charge in [-0.2, -0.15) is 0 Å². The van der Waals surface area contributed by atoms with Crippen LogP contribution in [-0.2, 0) is 14.6 Å². The van der Waals surface area contributed by atoms with Crippen molar-refractivity contribution in [3.8, 4) is 0 Å². The Bertz CT molecular complexity index is 999. The molecule has 0 saturated carbocycles. The van der Waals surface area contributed by atoms with Crippen LogP contribution in [0.4, 0.5) is 0 Å². The first kappa shape index (κ1) is 21.5. The summed E-state index contributed by atoms with van der Waals surface area (Å²) < 4.78 is 23.8. The van der Waals surface area contributed by atoms with Crippen molar-refractivity contribution in [3.05, 3.63) is 16.3 Å². The smallest absolute Gasteiger partial charge is 0.233 e. The van der Waals surface area contributed by atoms with Gasteiger partial charge in [-0.05, 0) is 38.7 Å². The van der Waals surface area contributed by atoms with Gasteiger partial charge in [-0.15, -0.1) is 11.3 Å². The van der Waals surface area contributed by atoms with Crippen molar-refractivity contribution in [1.82, 2.24) is 14.9 Å². The van der Waals surface area contributed by atoms with Gasteiger partial charge in [0.1, 0.15) is 15.7 Å². The number of hydrogen-bond donors (Lipinski definition) is 0. The molecule has 1 saturated heterocycles. The Labute approximate surface area is 175 Å². The molecule has 0 bridgehead atoms. The fraction of sp³-hybridized carbons (Fsp3) is 0.632. The highest BCUT2D eigenvalue weighted by Gasteiger charge is 2.34. The SMILES string of the molecule is Cc1nc(SCC(=O)N(CC(C)C)[C@H]2CCS(=O)(=O)C2)c2c(C)c(C)sc2n1. The third kappa shape index (κ3) is 4.68. The molecule has 3 heterocycles. The first-order valence-corrected chi connectivity index (χ1v) is 13.1. The highest BCUT2D eigenvalue weighted by atomic mass is 32.2. The van der Waals surface area contributed by atoms with Crippen LogP contribution in [0.3, 0.4) is 0 Å². The molecule has 3 rings (SSSR count). The van der Waals surface area contributed by atoms with E-state index in [1.165, 1.54) is 16.6 Å². The Morgan fingerprint density at radius 3 is 2.61 bits per heavy atom. The Hall–Kier alpha value is -1.19. The summed E-state index contributed by atoms with van der Waals surface area (Å²) in [5, 5.41) is 1.87. The number of aryl methyl sites for hydroxylation is 3. The van der Waals surface area contributed by atoms with Crippen LogP contribution in [-0.4, -0.2) is 59.0 Å². The maximum atomic E-state index is 13.0. The Morgan fingerprint density at radius 2 is 2.00 bits per heavy atom. The Balaban J connectivity index is 1.80. The first-order chi connectivity index (χ1) is 13.1. The Kier molecular flexibility index (Phi) is 6.36. The van der Waals surface area contributed by atoms with Crippen molar-refractivity contribution in [1.29, 1.82) is 0 Å². The minimum atomic E-state index is -3.03. The quantitative estimate of drug-likeness (QED) is 0.505. The molecule has 1 aliphatic rings. The number of thiophene rings is 1. The molecule has 1 atom stereocenters. The largest absolute Gasteiger partial charge is 0.338 e. The van der Waals surface area contributed by atoms with Crippen molar-refractivity contribution < 1.29 is 13.2 Å². The van der Waals surface area contributed by atoms with Crippen LogP contribution in [0.15, 0.2) is 5.03 Å². The minimum absolute atomic E-state index is 0.0187. The van der Waals surface area contributed by atoms with E-state index in [1.54, 1.807) is 16.2 Å². The van der Waals surface area contributed by atoms with E-state index in [-0.39, 0.29) is 35.1 Å². The van der Waals surface area contributed by atoms with Gasteiger partial charge in [0.2, 0.25) is 5.91 Å². The van der Waals surface area contributed by atoms with E-state index in [0.29, 0.717) is 18.8 Å². The highest BCUT2D eigenvalue weighted by Crippen LogP contribution is 2.35. The Morgan fingerprint density at radius 1 is 1.29 bits per heavy atom. The van der Waals surface area contributed by atoms with Crippen molar-refractivity contribution in [2.45, 2.75) is 52.1 Å². The van der Waals surface area contributed by atoms with Crippen molar-refractivity contribution in [3.63, 3.8) is 0 Å². The van der Waals surface area contributed by atoms with Crippen molar-refractivity contribution in [2.24, 2.45) is 5.92 Å². The van der Waals surface area contributed by atoms with Crippen LogP contribution in [0, 0.1) is 26.7 Å². The second-order valence-electron chi connectivity index (χ2n) is 7.82. The minimum Gasteiger partial charge on any atom is -0.338 e. The van der Waals surface area contributed by atoms with Crippen molar-refractivity contribution in [2.75, 3.05) is 23.8 Å². The molecule has 0 aliphatic carbocycles. The molecule has 0 radical (unpaired) electrons. The van der Waals surface area contributed by atoms with E-state index in [9.17, 15) is 13.2 Å². The van der Waals surface area contributed by atoms with Gasteiger partial charge >= 0.3 is 0 Å². The topological polar surface area (TPSA) is 80.2 Å². The second-order valence-corrected chi connectivity index (χ2v) is 12.2.